The Hall–Kier alpha value is -6.20. The fourth-order valence-corrected chi connectivity index (χ4v) is 10.1. The van der Waals surface area contributed by atoms with Crippen LogP contribution in [0.5, 0.6) is 11.5 Å². The number of aryl methyl sites for hydroxylation is 1. The molecule has 0 atom stereocenters. The molecule has 1 aromatic heterocycles. The lowest BCUT2D eigenvalue weighted by molar-refractivity contribution is 0.486. The van der Waals surface area contributed by atoms with Crippen molar-refractivity contribution in [1.29, 1.82) is 0 Å². The van der Waals surface area contributed by atoms with Crippen LogP contribution in [0.15, 0.2) is 140 Å². The Morgan fingerprint density at radius 2 is 1.06 bits per heavy atom. The van der Waals surface area contributed by atoms with Gasteiger partial charge in [0.2, 0.25) is 0 Å². The predicted molar refractivity (Wildman–Crippen MR) is 276 cm³/mol. The number of benzene rings is 7. The summed E-state index contributed by atoms with van der Waals surface area (Å²) in [5.41, 5.74) is 17.0. The van der Waals surface area contributed by atoms with Crippen LogP contribution in [0.3, 0.4) is 0 Å². The van der Waals surface area contributed by atoms with E-state index >= 15 is 0 Å². The normalized spacial score (nSPS) is 14.0. The Morgan fingerprint density at radius 1 is 0.531 bits per heavy atom. The zero-order valence-electron chi connectivity index (χ0n) is 41.0. The van der Waals surface area contributed by atoms with Crippen molar-refractivity contribution in [2.24, 2.45) is 7.05 Å². The van der Waals surface area contributed by atoms with Crippen molar-refractivity contribution >= 4 is 79.0 Å². The van der Waals surface area contributed by atoms with Crippen LogP contribution in [0.25, 0.3) is 21.8 Å². The van der Waals surface area contributed by atoms with Gasteiger partial charge in [-0.05, 0) is 121 Å². The first-order valence-corrected chi connectivity index (χ1v) is 23.0. The molecule has 322 valence electrons. The topological polar surface area (TPSA) is 20.6 Å². The second-order valence-electron chi connectivity index (χ2n) is 22.4. The Bertz CT molecular complexity index is 3110. The number of rotatable bonds is 4. The highest BCUT2D eigenvalue weighted by atomic mass is 16.5. The molecule has 0 fully saturated rings. The summed E-state index contributed by atoms with van der Waals surface area (Å²) in [4.78, 5) is 4.96. The van der Waals surface area contributed by atoms with Crippen LogP contribution in [0.1, 0.15) is 107 Å². The van der Waals surface area contributed by atoms with Crippen LogP contribution in [-0.4, -0.2) is 11.3 Å². The summed E-state index contributed by atoms with van der Waals surface area (Å²) in [7, 11) is 2.22. The first kappa shape index (κ1) is 40.6. The van der Waals surface area contributed by atoms with Crippen LogP contribution < -0.4 is 30.9 Å². The maximum Gasteiger partial charge on any atom is 0.256 e. The molecule has 3 heterocycles. The predicted octanol–water partition coefficient (Wildman–Crippen LogP) is 14.4. The van der Waals surface area contributed by atoms with Gasteiger partial charge in [0.1, 0.15) is 11.5 Å². The third kappa shape index (κ3) is 6.73. The maximum absolute atomic E-state index is 9.39. The summed E-state index contributed by atoms with van der Waals surface area (Å²) < 4.78 is 18.7. The number of hydrogen-bond acceptors (Lipinski definition) is 3. The van der Waals surface area contributed by atoms with Crippen molar-refractivity contribution in [2.75, 3.05) is 9.80 Å². The van der Waals surface area contributed by atoms with E-state index in [-0.39, 0.29) is 28.4 Å². The minimum absolute atomic E-state index is 0.0134. The van der Waals surface area contributed by atoms with Crippen LogP contribution in [0, 0.1) is 0 Å². The molecule has 0 saturated carbocycles. The first-order valence-electron chi connectivity index (χ1n) is 23.5. The minimum Gasteiger partial charge on any atom is -0.458 e. The molecule has 0 amide bonds. The zero-order valence-corrected chi connectivity index (χ0v) is 40.0. The third-order valence-corrected chi connectivity index (χ3v) is 13.8. The van der Waals surface area contributed by atoms with E-state index in [1.54, 1.807) is 0 Å². The van der Waals surface area contributed by atoms with Crippen molar-refractivity contribution in [3.05, 3.63) is 162 Å². The van der Waals surface area contributed by atoms with E-state index in [0.29, 0.717) is 6.04 Å². The van der Waals surface area contributed by atoms with E-state index in [0.717, 1.165) is 62.1 Å². The second-order valence-corrected chi connectivity index (χ2v) is 22.4. The van der Waals surface area contributed by atoms with Crippen LogP contribution in [-0.2, 0) is 28.7 Å². The highest BCUT2D eigenvalue weighted by Crippen LogP contribution is 2.52. The van der Waals surface area contributed by atoms with Gasteiger partial charge in [0.25, 0.3) is 6.71 Å². The first-order chi connectivity index (χ1) is 30.6. The van der Waals surface area contributed by atoms with Gasteiger partial charge in [-0.2, -0.15) is 0 Å². The molecule has 0 N–H and O–H groups in total. The Morgan fingerprint density at radius 3 is 1.62 bits per heavy atom. The van der Waals surface area contributed by atoms with Crippen molar-refractivity contribution in [3.8, 4) is 11.5 Å². The van der Waals surface area contributed by atoms with Crippen molar-refractivity contribution in [3.63, 3.8) is 0 Å². The number of hydrogen-bond donors (Lipinski definition) is 0. The summed E-state index contributed by atoms with van der Waals surface area (Å²) in [6.07, 6.45) is 0. The SMILES string of the molecule is [2H]c1cc2c3c(c1)N(c1ccc(C(C)(C)C)cc1)c1c(cc4c5ccccc5n(C)c4c1N(c1ccc(C(C)(C)C)cc1)c1ccc(C(C)(C)C)cc1)B3c1cc(C(C)(C)C)ccc1O2. The van der Waals surface area contributed by atoms with Gasteiger partial charge in [-0.3, -0.25) is 0 Å². The molecule has 7 aromatic carbocycles. The van der Waals surface area contributed by atoms with E-state index in [1.807, 2.05) is 6.07 Å². The van der Waals surface area contributed by atoms with E-state index < -0.39 is 0 Å². The molecular weight excluding hydrogens is 777 g/mol. The van der Waals surface area contributed by atoms with Crippen LogP contribution in [0.4, 0.5) is 34.1 Å². The van der Waals surface area contributed by atoms with E-state index in [1.165, 1.54) is 44.0 Å². The van der Waals surface area contributed by atoms with Gasteiger partial charge in [-0.15, -0.1) is 0 Å². The molecule has 0 radical (unpaired) electrons. The van der Waals surface area contributed by atoms with Gasteiger partial charge in [-0.1, -0.05) is 162 Å². The summed E-state index contributed by atoms with van der Waals surface area (Å²) in [6.45, 7) is 27.2. The number of aromatic nitrogens is 1. The van der Waals surface area contributed by atoms with Crippen molar-refractivity contribution in [2.45, 2.75) is 105 Å². The average molecular weight is 841 g/mol. The van der Waals surface area contributed by atoms with Crippen molar-refractivity contribution in [1.82, 2.24) is 4.57 Å². The van der Waals surface area contributed by atoms with E-state index in [4.69, 9.17) is 4.74 Å². The fourth-order valence-electron chi connectivity index (χ4n) is 10.1. The number of para-hydroxylation sites is 1. The Balaban J connectivity index is 1.41. The maximum atomic E-state index is 9.39. The second kappa shape index (κ2) is 14.4. The molecule has 8 aromatic rings. The molecular formula is C59H62BN3O. The summed E-state index contributed by atoms with van der Waals surface area (Å²) >= 11 is 0. The molecule has 0 saturated heterocycles. The smallest absolute Gasteiger partial charge is 0.256 e. The molecule has 2 aliphatic heterocycles. The minimum atomic E-state index is -0.178. The monoisotopic (exact) mass is 841 g/mol. The highest BCUT2D eigenvalue weighted by Gasteiger charge is 2.45. The fraction of sp³-hybridized carbons (Fsp3) is 0.288. The summed E-state index contributed by atoms with van der Waals surface area (Å²) in [5, 5.41) is 2.41. The molecule has 10 rings (SSSR count). The molecule has 64 heavy (non-hydrogen) atoms. The third-order valence-electron chi connectivity index (χ3n) is 13.8. The molecule has 0 aliphatic carbocycles. The lowest BCUT2D eigenvalue weighted by atomic mass is 9.34. The molecule has 5 heteroatoms. The van der Waals surface area contributed by atoms with Gasteiger partial charge in [0.15, 0.2) is 0 Å². The lowest BCUT2D eigenvalue weighted by Gasteiger charge is -2.43. The highest BCUT2D eigenvalue weighted by molar-refractivity contribution is 6.99. The summed E-state index contributed by atoms with van der Waals surface area (Å²) in [6, 6.07) is 50.1. The molecule has 0 bridgehead atoms. The molecule has 0 unspecified atom stereocenters. The number of fused-ring (bicyclic) bond motifs is 7. The Labute approximate surface area is 383 Å². The van der Waals surface area contributed by atoms with Gasteiger partial charge < -0.3 is 19.1 Å². The quantitative estimate of drug-likeness (QED) is 0.165. The molecule has 0 spiro atoms. The average Bonchev–Trinajstić information content (AvgIpc) is 3.53. The molecule has 4 nitrogen and oxygen atoms in total. The van der Waals surface area contributed by atoms with E-state index in [9.17, 15) is 1.37 Å². The van der Waals surface area contributed by atoms with Gasteiger partial charge >= 0.3 is 0 Å². The Kier molecular flexibility index (Phi) is 9.13. The molecule has 2 aliphatic rings. The van der Waals surface area contributed by atoms with Gasteiger partial charge in [0, 0.05) is 46.1 Å². The number of anilines is 6. The number of ether oxygens (including phenoxy) is 1. The van der Waals surface area contributed by atoms with Gasteiger partial charge in [0.05, 0.1) is 18.3 Å². The summed E-state index contributed by atoms with van der Waals surface area (Å²) in [5.74, 6) is 1.58. The zero-order chi connectivity index (χ0) is 46.1. The van der Waals surface area contributed by atoms with Crippen molar-refractivity contribution < 1.29 is 6.11 Å². The van der Waals surface area contributed by atoms with E-state index in [2.05, 4.69) is 232 Å². The lowest BCUT2D eigenvalue weighted by Crippen LogP contribution is -2.60. The van der Waals surface area contributed by atoms with Crippen LogP contribution >= 0.6 is 0 Å². The van der Waals surface area contributed by atoms with Gasteiger partial charge in [-0.25, -0.2) is 0 Å². The largest absolute Gasteiger partial charge is 0.458 e. The number of nitrogens with zero attached hydrogens (tertiary/aromatic N) is 3. The van der Waals surface area contributed by atoms with Crippen LogP contribution in [0.2, 0.25) is 0 Å². The standard InChI is InChI=1S/C59H62BN3O/c1-56(2,3)37-21-28-41(29-22-37)62(42-30-23-38(24-31-42)57(4,5)6)55-53-45(44-17-14-15-18-48(44)61(53)13)36-47-54(55)63(43-32-25-39(26-33-43)58(7,8)9)49-19-16-20-51-52(49)60(47)46-35-40(59(10,11)12)27-34-50(46)64-51/h14-36H,1-13H3/i16D.